The molecule has 3 N–H and O–H groups in total. The lowest BCUT2D eigenvalue weighted by Crippen LogP contribution is -2.43. The van der Waals surface area contributed by atoms with Crippen molar-refractivity contribution in [1.29, 1.82) is 0 Å². The van der Waals surface area contributed by atoms with Crippen molar-refractivity contribution in [3.63, 3.8) is 0 Å². The van der Waals surface area contributed by atoms with Gasteiger partial charge in [-0.3, -0.25) is 9.59 Å². The molecule has 1 amide bonds. The van der Waals surface area contributed by atoms with Crippen LogP contribution in [0.5, 0.6) is 0 Å². The highest BCUT2D eigenvalue weighted by Crippen LogP contribution is 2.23. The number of hydrogen-bond acceptors (Lipinski definition) is 5. The van der Waals surface area contributed by atoms with Crippen LogP contribution >= 0.6 is 11.3 Å². The summed E-state index contributed by atoms with van der Waals surface area (Å²) in [4.78, 5) is 24.1. The van der Waals surface area contributed by atoms with E-state index in [1.165, 1.54) is 11.3 Å². The van der Waals surface area contributed by atoms with Crippen molar-refractivity contribution in [3.05, 3.63) is 22.4 Å². The standard InChI is InChI=1S/C13H18N2O4S/c1-14-10-7-19-6-8(10)13(18)15-9(5-12(16)17)11-3-2-4-20-11/h2-4,8-10,14H,5-7H2,1H3,(H,15,18)(H,16,17). The number of rotatable bonds is 6. The molecule has 2 heterocycles. The van der Waals surface area contributed by atoms with E-state index in [0.717, 1.165) is 4.88 Å². The Labute approximate surface area is 121 Å². The first-order valence-electron chi connectivity index (χ1n) is 6.42. The van der Waals surface area contributed by atoms with Gasteiger partial charge in [-0.15, -0.1) is 11.3 Å². The summed E-state index contributed by atoms with van der Waals surface area (Å²) in [7, 11) is 1.79. The van der Waals surface area contributed by atoms with Crippen molar-refractivity contribution in [2.75, 3.05) is 20.3 Å². The van der Waals surface area contributed by atoms with Gasteiger partial charge in [0.25, 0.3) is 0 Å². The first kappa shape index (κ1) is 15.0. The Bertz CT molecular complexity index is 463. The second-order valence-corrected chi connectivity index (χ2v) is 5.69. The number of carboxylic acid groups (broad SMARTS) is 1. The van der Waals surface area contributed by atoms with Crippen LogP contribution in [0.25, 0.3) is 0 Å². The van der Waals surface area contributed by atoms with Crippen LogP contribution in [0, 0.1) is 5.92 Å². The van der Waals surface area contributed by atoms with Crippen LogP contribution in [-0.2, 0) is 14.3 Å². The normalized spacial score (nSPS) is 23.4. The largest absolute Gasteiger partial charge is 0.481 e. The zero-order valence-electron chi connectivity index (χ0n) is 11.2. The maximum atomic E-state index is 12.3. The Hall–Kier alpha value is -1.44. The number of ether oxygens (including phenoxy) is 1. The first-order valence-corrected chi connectivity index (χ1v) is 7.30. The van der Waals surface area contributed by atoms with Gasteiger partial charge in [0.1, 0.15) is 0 Å². The number of carbonyl (C=O) groups excluding carboxylic acids is 1. The van der Waals surface area contributed by atoms with Crippen LogP contribution in [0.1, 0.15) is 17.3 Å². The van der Waals surface area contributed by atoms with Gasteiger partial charge in [-0.2, -0.15) is 0 Å². The second kappa shape index (κ2) is 6.83. The predicted molar refractivity (Wildman–Crippen MR) is 74.6 cm³/mol. The van der Waals surface area contributed by atoms with Crippen molar-refractivity contribution in [2.45, 2.75) is 18.5 Å². The average Bonchev–Trinajstić information content (AvgIpc) is 3.08. The number of carboxylic acids is 1. The number of thiophene rings is 1. The van der Waals surface area contributed by atoms with Crippen molar-refractivity contribution in [2.24, 2.45) is 5.92 Å². The molecule has 0 bridgehead atoms. The molecule has 1 aliphatic heterocycles. The molecule has 2 rings (SSSR count). The van der Waals surface area contributed by atoms with Crippen LogP contribution in [0.4, 0.5) is 0 Å². The Balaban J connectivity index is 2.04. The van der Waals surface area contributed by atoms with Gasteiger partial charge in [-0.05, 0) is 18.5 Å². The highest BCUT2D eigenvalue weighted by Gasteiger charge is 2.34. The molecule has 3 unspecified atom stereocenters. The monoisotopic (exact) mass is 298 g/mol. The molecule has 6 nitrogen and oxygen atoms in total. The molecule has 0 radical (unpaired) electrons. The van der Waals surface area contributed by atoms with Gasteiger partial charge in [0, 0.05) is 10.9 Å². The summed E-state index contributed by atoms with van der Waals surface area (Å²) in [6.45, 7) is 0.860. The molecule has 110 valence electrons. The van der Waals surface area contributed by atoms with Gasteiger partial charge >= 0.3 is 5.97 Å². The summed E-state index contributed by atoms with van der Waals surface area (Å²) in [5.41, 5.74) is 0. The SMILES string of the molecule is CNC1COCC1C(=O)NC(CC(=O)O)c1cccs1. The molecule has 1 fully saturated rings. The molecular formula is C13H18N2O4S. The van der Waals surface area contributed by atoms with Crippen molar-refractivity contribution >= 4 is 23.2 Å². The Morgan fingerprint density at radius 2 is 2.35 bits per heavy atom. The summed E-state index contributed by atoms with van der Waals surface area (Å²) >= 11 is 1.44. The van der Waals surface area contributed by atoms with Gasteiger partial charge < -0.3 is 20.5 Å². The van der Waals surface area contributed by atoms with Crippen LogP contribution in [-0.4, -0.2) is 43.3 Å². The third-order valence-electron chi connectivity index (χ3n) is 3.37. The van der Waals surface area contributed by atoms with E-state index in [9.17, 15) is 9.59 Å². The molecule has 0 aromatic carbocycles. The van der Waals surface area contributed by atoms with E-state index in [2.05, 4.69) is 10.6 Å². The molecule has 0 aliphatic carbocycles. The van der Waals surface area contributed by atoms with Gasteiger partial charge in [0.05, 0.1) is 31.6 Å². The van der Waals surface area contributed by atoms with E-state index in [0.29, 0.717) is 13.2 Å². The number of likely N-dealkylation sites (N-methyl/N-ethyl adjacent to an activating group) is 1. The summed E-state index contributed by atoms with van der Waals surface area (Å²) < 4.78 is 5.30. The minimum absolute atomic E-state index is 0.0242. The summed E-state index contributed by atoms with van der Waals surface area (Å²) in [5, 5.41) is 16.7. The number of amides is 1. The van der Waals surface area contributed by atoms with Gasteiger partial charge in [-0.25, -0.2) is 0 Å². The minimum Gasteiger partial charge on any atom is -0.481 e. The number of aliphatic carboxylic acids is 1. The molecule has 1 aromatic rings. The van der Waals surface area contributed by atoms with Crippen LogP contribution in [0.15, 0.2) is 17.5 Å². The van der Waals surface area contributed by atoms with Crippen LogP contribution < -0.4 is 10.6 Å². The third-order valence-corrected chi connectivity index (χ3v) is 4.36. The van der Waals surface area contributed by atoms with Crippen LogP contribution in [0.2, 0.25) is 0 Å². The van der Waals surface area contributed by atoms with E-state index < -0.39 is 12.0 Å². The third kappa shape index (κ3) is 3.56. The minimum atomic E-state index is -0.934. The van der Waals surface area contributed by atoms with Gasteiger partial charge in [0.15, 0.2) is 0 Å². The lowest BCUT2D eigenvalue weighted by Gasteiger charge is -2.21. The highest BCUT2D eigenvalue weighted by atomic mass is 32.1. The smallest absolute Gasteiger partial charge is 0.305 e. The van der Waals surface area contributed by atoms with Crippen LogP contribution in [0.3, 0.4) is 0 Å². The molecular weight excluding hydrogens is 280 g/mol. The lowest BCUT2D eigenvalue weighted by molar-refractivity contribution is -0.137. The second-order valence-electron chi connectivity index (χ2n) is 4.71. The molecule has 3 atom stereocenters. The van der Waals surface area contributed by atoms with E-state index in [4.69, 9.17) is 9.84 Å². The Kier molecular flexibility index (Phi) is 5.11. The molecule has 7 heteroatoms. The maximum Gasteiger partial charge on any atom is 0.305 e. The van der Waals surface area contributed by atoms with E-state index in [-0.39, 0.29) is 24.3 Å². The van der Waals surface area contributed by atoms with Crippen molar-refractivity contribution < 1.29 is 19.4 Å². The average molecular weight is 298 g/mol. The quantitative estimate of drug-likeness (QED) is 0.716. The fourth-order valence-electron chi connectivity index (χ4n) is 2.26. The highest BCUT2D eigenvalue weighted by molar-refractivity contribution is 7.10. The summed E-state index contributed by atoms with van der Waals surface area (Å²) in [5.74, 6) is -1.38. The Morgan fingerprint density at radius 3 is 2.95 bits per heavy atom. The molecule has 1 aromatic heterocycles. The van der Waals surface area contributed by atoms with Gasteiger partial charge in [-0.1, -0.05) is 6.07 Å². The Morgan fingerprint density at radius 1 is 1.55 bits per heavy atom. The van der Waals surface area contributed by atoms with Gasteiger partial charge in [0.2, 0.25) is 5.91 Å². The van der Waals surface area contributed by atoms with Crippen molar-refractivity contribution in [1.82, 2.24) is 10.6 Å². The van der Waals surface area contributed by atoms with E-state index >= 15 is 0 Å². The van der Waals surface area contributed by atoms with E-state index in [1.807, 2.05) is 17.5 Å². The molecule has 20 heavy (non-hydrogen) atoms. The number of hydrogen-bond donors (Lipinski definition) is 3. The fourth-order valence-corrected chi connectivity index (χ4v) is 3.04. The van der Waals surface area contributed by atoms with E-state index in [1.54, 1.807) is 7.05 Å². The summed E-state index contributed by atoms with van der Waals surface area (Å²) in [6, 6.07) is 3.16. The van der Waals surface area contributed by atoms with Crippen molar-refractivity contribution in [3.8, 4) is 0 Å². The molecule has 0 spiro atoms. The number of carbonyl (C=O) groups is 2. The first-order chi connectivity index (χ1) is 9.61. The maximum absolute atomic E-state index is 12.3. The zero-order valence-corrected chi connectivity index (χ0v) is 12.0. The summed E-state index contributed by atoms with van der Waals surface area (Å²) in [6.07, 6.45) is -0.121. The molecule has 1 aliphatic rings. The number of nitrogens with one attached hydrogen (secondary N) is 2. The fraction of sp³-hybridized carbons (Fsp3) is 0.538. The topological polar surface area (TPSA) is 87.7 Å². The zero-order chi connectivity index (χ0) is 14.5. The molecule has 1 saturated heterocycles. The lowest BCUT2D eigenvalue weighted by atomic mass is 10.0. The molecule has 0 saturated carbocycles. The predicted octanol–water partition coefficient (Wildman–Crippen LogP) is 0.614.